The van der Waals surface area contributed by atoms with Crippen molar-refractivity contribution in [2.24, 2.45) is 0 Å². The molecular formula is C15H15N3S. The van der Waals surface area contributed by atoms with Crippen molar-refractivity contribution in [3.8, 4) is 0 Å². The number of rotatable bonds is 3. The molecule has 3 aromatic rings. The lowest BCUT2D eigenvalue weighted by Crippen LogP contribution is -1.93. The number of nitrogen functional groups attached to an aromatic ring is 1. The zero-order valence-electron chi connectivity index (χ0n) is 10.8. The number of pyridine rings is 1. The Hall–Kier alpha value is -1.94. The fourth-order valence-electron chi connectivity index (χ4n) is 2.31. The molecule has 0 bridgehead atoms. The van der Waals surface area contributed by atoms with Crippen LogP contribution in [-0.4, -0.2) is 9.97 Å². The highest BCUT2D eigenvalue weighted by Gasteiger charge is 2.10. The topological polar surface area (TPSA) is 51.8 Å². The number of anilines is 1. The number of hydrogen-bond donors (Lipinski definition) is 1. The van der Waals surface area contributed by atoms with Crippen LogP contribution in [0.5, 0.6) is 0 Å². The number of fused-ring (bicyclic) bond motifs is 1. The second-order valence-electron chi connectivity index (χ2n) is 4.44. The van der Waals surface area contributed by atoms with E-state index in [1.807, 2.05) is 18.3 Å². The van der Waals surface area contributed by atoms with E-state index >= 15 is 0 Å². The maximum atomic E-state index is 5.82. The Labute approximate surface area is 116 Å². The van der Waals surface area contributed by atoms with Crippen molar-refractivity contribution in [3.63, 3.8) is 0 Å². The minimum atomic E-state index is 0.658. The maximum absolute atomic E-state index is 5.82. The first-order valence-corrected chi connectivity index (χ1v) is 7.16. The number of nitrogens with zero attached hydrogens (tertiary/aromatic N) is 2. The Morgan fingerprint density at radius 1 is 1.21 bits per heavy atom. The van der Waals surface area contributed by atoms with Crippen molar-refractivity contribution in [1.82, 2.24) is 9.97 Å². The van der Waals surface area contributed by atoms with E-state index in [2.05, 4.69) is 35.1 Å². The van der Waals surface area contributed by atoms with Crippen LogP contribution in [0, 0.1) is 0 Å². The van der Waals surface area contributed by atoms with Crippen LogP contribution in [0.25, 0.3) is 10.9 Å². The molecule has 0 aliphatic rings. The van der Waals surface area contributed by atoms with Gasteiger partial charge in [-0.15, -0.1) is 11.3 Å². The van der Waals surface area contributed by atoms with Crippen LogP contribution in [0.1, 0.15) is 23.1 Å². The highest BCUT2D eigenvalue weighted by Crippen LogP contribution is 2.26. The molecular weight excluding hydrogens is 254 g/mol. The highest BCUT2D eigenvalue weighted by atomic mass is 32.1. The van der Waals surface area contributed by atoms with Crippen molar-refractivity contribution in [1.29, 1.82) is 0 Å². The fraction of sp³-hybridized carbons (Fsp3) is 0.200. The third-order valence-electron chi connectivity index (χ3n) is 3.22. The third-order valence-corrected chi connectivity index (χ3v) is 4.14. The zero-order chi connectivity index (χ0) is 13.2. The Balaban J connectivity index is 2.05. The van der Waals surface area contributed by atoms with Gasteiger partial charge in [0, 0.05) is 22.9 Å². The van der Waals surface area contributed by atoms with Gasteiger partial charge in [-0.25, -0.2) is 4.98 Å². The summed E-state index contributed by atoms with van der Waals surface area (Å²) in [5.74, 6) is 0. The summed E-state index contributed by atoms with van der Waals surface area (Å²) in [5, 5.41) is 1.87. The predicted octanol–water partition coefficient (Wildman–Crippen LogP) is 3.43. The number of nitrogens with two attached hydrogens (primary N) is 1. The molecule has 0 fully saturated rings. The van der Waals surface area contributed by atoms with Gasteiger partial charge in [0.25, 0.3) is 0 Å². The largest absolute Gasteiger partial charge is 0.375 e. The summed E-state index contributed by atoms with van der Waals surface area (Å²) in [6, 6.07) is 10.3. The normalized spacial score (nSPS) is 11.0. The molecule has 3 rings (SSSR count). The van der Waals surface area contributed by atoms with E-state index < -0.39 is 0 Å². The second kappa shape index (κ2) is 4.97. The second-order valence-corrected chi connectivity index (χ2v) is 5.55. The van der Waals surface area contributed by atoms with Gasteiger partial charge in [-0.2, -0.15) is 0 Å². The van der Waals surface area contributed by atoms with Crippen LogP contribution in [0.4, 0.5) is 5.13 Å². The van der Waals surface area contributed by atoms with Crippen LogP contribution in [-0.2, 0) is 12.8 Å². The Morgan fingerprint density at radius 2 is 2.11 bits per heavy atom. The van der Waals surface area contributed by atoms with E-state index in [0.29, 0.717) is 5.13 Å². The minimum absolute atomic E-state index is 0.658. The van der Waals surface area contributed by atoms with Gasteiger partial charge >= 0.3 is 0 Å². The zero-order valence-corrected chi connectivity index (χ0v) is 11.6. The number of hydrogen-bond acceptors (Lipinski definition) is 4. The van der Waals surface area contributed by atoms with Crippen LogP contribution in [0.3, 0.4) is 0 Å². The van der Waals surface area contributed by atoms with E-state index in [-0.39, 0.29) is 0 Å². The molecule has 0 aliphatic heterocycles. The summed E-state index contributed by atoms with van der Waals surface area (Å²) >= 11 is 1.59. The number of aromatic nitrogens is 2. The number of thiazole rings is 1. The molecule has 1 aromatic carbocycles. The molecule has 0 aliphatic carbocycles. The molecule has 0 atom stereocenters. The smallest absolute Gasteiger partial charge is 0.180 e. The maximum Gasteiger partial charge on any atom is 0.180 e. The van der Waals surface area contributed by atoms with Gasteiger partial charge in [0.05, 0.1) is 11.2 Å². The van der Waals surface area contributed by atoms with Crippen molar-refractivity contribution >= 4 is 27.4 Å². The highest BCUT2D eigenvalue weighted by molar-refractivity contribution is 7.15. The first-order valence-electron chi connectivity index (χ1n) is 6.34. The quantitative estimate of drug-likeness (QED) is 0.792. The monoisotopic (exact) mass is 269 g/mol. The number of benzene rings is 1. The minimum Gasteiger partial charge on any atom is -0.375 e. The fourth-order valence-corrected chi connectivity index (χ4v) is 3.26. The van der Waals surface area contributed by atoms with E-state index in [4.69, 9.17) is 5.73 Å². The van der Waals surface area contributed by atoms with Gasteiger partial charge < -0.3 is 5.73 Å². The van der Waals surface area contributed by atoms with Gasteiger partial charge in [-0.3, -0.25) is 4.98 Å². The summed E-state index contributed by atoms with van der Waals surface area (Å²) in [4.78, 5) is 10.0. The van der Waals surface area contributed by atoms with E-state index in [9.17, 15) is 0 Å². The lowest BCUT2D eigenvalue weighted by atomic mass is 10.0. The van der Waals surface area contributed by atoms with Crippen LogP contribution >= 0.6 is 11.3 Å². The van der Waals surface area contributed by atoms with Gasteiger partial charge in [-0.05, 0) is 24.1 Å². The average molecular weight is 269 g/mol. The van der Waals surface area contributed by atoms with Gasteiger partial charge in [0.15, 0.2) is 5.13 Å². The summed E-state index contributed by atoms with van der Waals surface area (Å²) < 4.78 is 0. The first kappa shape index (κ1) is 12.1. The standard InChI is InChI=1S/C15H15N3S/c1-2-12-14(19-15(16)18-12)9-10-5-3-7-13-11(10)6-4-8-17-13/h3-8H,2,9H2,1H3,(H2,16,18). The van der Waals surface area contributed by atoms with Gasteiger partial charge in [0.2, 0.25) is 0 Å². The van der Waals surface area contributed by atoms with Crippen LogP contribution in [0.2, 0.25) is 0 Å². The van der Waals surface area contributed by atoms with Crippen LogP contribution in [0.15, 0.2) is 36.5 Å². The third kappa shape index (κ3) is 2.31. The molecule has 4 heteroatoms. The average Bonchev–Trinajstić information content (AvgIpc) is 2.79. The molecule has 0 saturated carbocycles. The molecule has 2 aromatic heterocycles. The van der Waals surface area contributed by atoms with Crippen molar-refractivity contribution in [2.75, 3.05) is 5.73 Å². The lowest BCUT2D eigenvalue weighted by molar-refractivity contribution is 1.03. The molecule has 0 amide bonds. The summed E-state index contributed by atoms with van der Waals surface area (Å²) in [6.45, 7) is 2.11. The summed E-state index contributed by atoms with van der Waals surface area (Å²) in [7, 11) is 0. The van der Waals surface area contributed by atoms with E-state index in [0.717, 1.165) is 24.1 Å². The van der Waals surface area contributed by atoms with E-state index in [1.165, 1.54) is 15.8 Å². The molecule has 0 spiro atoms. The molecule has 0 unspecified atom stereocenters. The van der Waals surface area contributed by atoms with Crippen molar-refractivity contribution in [2.45, 2.75) is 19.8 Å². The van der Waals surface area contributed by atoms with Gasteiger partial charge in [-0.1, -0.05) is 25.1 Å². The van der Waals surface area contributed by atoms with Crippen molar-refractivity contribution in [3.05, 3.63) is 52.7 Å². The van der Waals surface area contributed by atoms with E-state index in [1.54, 1.807) is 11.3 Å². The molecule has 19 heavy (non-hydrogen) atoms. The van der Waals surface area contributed by atoms with Gasteiger partial charge in [0.1, 0.15) is 0 Å². The van der Waals surface area contributed by atoms with Crippen molar-refractivity contribution < 1.29 is 0 Å². The Bertz CT molecular complexity index is 713. The molecule has 3 nitrogen and oxygen atoms in total. The Kier molecular flexibility index (Phi) is 3.17. The molecule has 0 radical (unpaired) electrons. The SMILES string of the molecule is CCc1nc(N)sc1Cc1cccc2ncccc12. The predicted molar refractivity (Wildman–Crippen MR) is 80.5 cm³/mol. The lowest BCUT2D eigenvalue weighted by Gasteiger charge is -2.05. The first-order chi connectivity index (χ1) is 9.28. The molecule has 2 heterocycles. The molecule has 96 valence electrons. The molecule has 0 saturated heterocycles. The Morgan fingerprint density at radius 3 is 2.95 bits per heavy atom. The summed E-state index contributed by atoms with van der Waals surface area (Å²) in [6.07, 6.45) is 3.63. The van der Waals surface area contributed by atoms with Crippen LogP contribution < -0.4 is 5.73 Å². The number of aryl methyl sites for hydroxylation is 1. The summed E-state index contributed by atoms with van der Waals surface area (Å²) in [5.41, 5.74) is 9.25. The molecule has 2 N–H and O–H groups in total.